The zero-order chi connectivity index (χ0) is 23.8. The second kappa shape index (κ2) is 11.8. The minimum absolute atomic E-state index is 0.0325. The summed E-state index contributed by atoms with van der Waals surface area (Å²) < 4.78 is 6.42. The highest BCUT2D eigenvalue weighted by atomic mass is 16.5. The van der Waals surface area contributed by atoms with Crippen LogP contribution in [0.25, 0.3) is 0 Å². The van der Waals surface area contributed by atoms with E-state index in [-0.39, 0.29) is 54.9 Å². The summed E-state index contributed by atoms with van der Waals surface area (Å²) in [7, 11) is 1.50. The van der Waals surface area contributed by atoms with Crippen molar-refractivity contribution < 1.29 is 14.3 Å². The van der Waals surface area contributed by atoms with Crippen molar-refractivity contribution >= 4 is 23.3 Å². The lowest BCUT2D eigenvalue weighted by Crippen LogP contribution is -2.48. The summed E-state index contributed by atoms with van der Waals surface area (Å²) in [5.41, 5.74) is 10.1. The summed E-state index contributed by atoms with van der Waals surface area (Å²) in [6, 6.07) is 0. The van der Waals surface area contributed by atoms with Crippen LogP contribution in [0.3, 0.4) is 0 Å². The van der Waals surface area contributed by atoms with Crippen LogP contribution in [0.4, 0.5) is 11.5 Å². The number of hydrogen-bond acceptors (Lipinski definition) is 7. The second-order valence-electron chi connectivity index (χ2n) is 8.78. The maximum absolute atomic E-state index is 13.3. The number of rotatable bonds is 11. The molecule has 0 aliphatic carbocycles. The number of primary amides is 1. The van der Waals surface area contributed by atoms with E-state index in [1.807, 2.05) is 18.7 Å². The number of ether oxygens (including phenoxy) is 1. The smallest absolute Gasteiger partial charge is 0.330 e. The van der Waals surface area contributed by atoms with Gasteiger partial charge in [0.2, 0.25) is 11.8 Å². The first kappa shape index (κ1) is 25.6. The quantitative estimate of drug-likeness (QED) is 0.417. The van der Waals surface area contributed by atoms with Gasteiger partial charge in [-0.25, -0.2) is 4.79 Å². The fourth-order valence-electron chi connectivity index (χ4n) is 4.08. The molecule has 1 aliphatic rings. The van der Waals surface area contributed by atoms with Gasteiger partial charge in [-0.2, -0.15) is 0 Å². The fraction of sp³-hybridized carbons (Fsp3) is 0.714. The van der Waals surface area contributed by atoms with Crippen molar-refractivity contribution in [3.8, 4) is 0 Å². The minimum atomic E-state index is -0.699. The molecule has 0 saturated carbocycles. The van der Waals surface area contributed by atoms with Crippen molar-refractivity contribution in [3.05, 3.63) is 20.8 Å². The number of anilines is 2. The average Bonchev–Trinajstić information content (AvgIpc) is 2.72. The van der Waals surface area contributed by atoms with E-state index in [4.69, 9.17) is 16.2 Å². The molecule has 2 rings (SSSR count). The molecule has 11 heteroatoms. The molecule has 0 radical (unpaired) electrons. The Hall–Kier alpha value is -2.66. The number of amides is 2. The molecule has 5 N–H and O–H groups in total. The summed E-state index contributed by atoms with van der Waals surface area (Å²) in [5.74, 6) is -0.255. The van der Waals surface area contributed by atoms with Crippen molar-refractivity contribution in [3.63, 3.8) is 0 Å². The summed E-state index contributed by atoms with van der Waals surface area (Å²) in [6.45, 7) is 6.01. The topological polar surface area (TPSA) is 157 Å². The Morgan fingerprint density at radius 3 is 2.66 bits per heavy atom. The van der Waals surface area contributed by atoms with Crippen LogP contribution < -0.4 is 27.6 Å². The van der Waals surface area contributed by atoms with Gasteiger partial charge < -0.3 is 21.1 Å². The van der Waals surface area contributed by atoms with Crippen LogP contribution in [0, 0.1) is 11.8 Å². The third-order valence-corrected chi connectivity index (χ3v) is 5.61. The monoisotopic (exact) mass is 452 g/mol. The molecular formula is C21H36N6O5. The highest BCUT2D eigenvalue weighted by Gasteiger charge is 2.28. The lowest BCUT2D eigenvalue weighted by atomic mass is 9.93. The van der Waals surface area contributed by atoms with E-state index >= 15 is 0 Å². The number of piperidine rings is 1. The molecule has 1 aliphatic heterocycles. The van der Waals surface area contributed by atoms with Gasteiger partial charge in [0, 0.05) is 33.2 Å². The van der Waals surface area contributed by atoms with Gasteiger partial charge in [-0.05, 0) is 37.6 Å². The summed E-state index contributed by atoms with van der Waals surface area (Å²) >= 11 is 0. The van der Waals surface area contributed by atoms with E-state index in [2.05, 4.69) is 4.98 Å². The van der Waals surface area contributed by atoms with Crippen molar-refractivity contribution in [1.29, 1.82) is 0 Å². The number of hydrogen-bond donors (Lipinski definition) is 3. The number of likely N-dealkylation sites (tertiary alicyclic amines) is 1. The van der Waals surface area contributed by atoms with Crippen LogP contribution in [-0.4, -0.2) is 66.2 Å². The van der Waals surface area contributed by atoms with E-state index in [1.54, 1.807) is 0 Å². The predicted molar refractivity (Wildman–Crippen MR) is 122 cm³/mol. The fourth-order valence-corrected chi connectivity index (χ4v) is 4.08. The van der Waals surface area contributed by atoms with Crippen LogP contribution in [0.2, 0.25) is 0 Å². The van der Waals surface area contributed by atoms with Gasteiger partial charge in [0.05, 0.1) is 13.2 Å². The highest BCUT2D eigenvalue weighted by Crippen LogP contribution is 2.22. The van der Waals surface area contributed by atoms with Crippen LogP contribution >= 0.6 is 0 Å². The standard InChI is InChI=1S/C21H36N6O5/c1-14(2)11-27-19(23)18(20(30)24-21(27)31)26(9-10-32-3)17(29)13-25-8-4-5-15(12-25)6-7-16(22)28/h14-15H,4-13,23H2,1-3H3,(H2,22,28)(H,24,30,31). The minimum Gasteiger partial charge on any atom is -0.383 e. The van der Waals surface area contributed by atoms with Crippen molar-refractivity contribution in [2.45, 2.75) is 46.1 Å². The number of nitrogens with zero attached hydrogens (tertiary/aromatic N) is 3. The molecule has 0 bridgehead atoms. The number of carbonyl (C=O) groups is 2. The van der Waals surface area contributed by atoms with E-state index in [0.29, 0.717) is 25.9 Å². The molecule has 32 heavy (non-hydrogen) atoms. The first-order valence-electron chi connectivity index (χ1n) is 11.1. The molecule has 1 aromatic heterocycles. The van der Waals surface area contributed by atoms with Crippen LogP contribution in [0.5, 0.6) is 0 Å². The number of aromatic nitrogens is 2. The number of aromatic amines is 1. The third-order valence-electron chi connectivity index (χ3n) is 5.61. The van der Waals surface area contributed by atoms with Crippen LogP contribution in [-0.2, 0) is 20.9 Å². The van der Waals surface area contributed by atoms with Gasteiger partial charge in [0.1, 0.15) is 5.82 Å². The van der Waals surface area contributed by atoms with Gasteiger partial charge in [-0.1, -0.05) is 13.8 Å². The van der Waals surface area contributed by atoms with Gasteiger partial charge in [0.25, 0.3) is 5.56 Å². The van der Waals surface area contributed by atoms with Crippen LogP contribution in [0.1, 0.15) is 39.5 Å². The predicted octanol–water partition coefficient (Wildman–Crippen LogP) is -0.268. The third kappa shape index (κ3) is 6.92. The second-order valence-corrected chi connectivity index (χ2v) is 8.78. The molecule has 1 aromatic rings. The van der Waals surface area contributed by atoms with Gasteiger partial charge in [-0.15, -0.1) is 0 Å². The highest BCUT2D eigenvalue weighted by molar-refractivity contribution is 5.96. The maximum Gasteiger partial charge on any atom is 0.330 e. The Morgan fingerprint density at radius 1 is 1.31 bits per heavy atom. The maximum atomic E-state index is 13.3. The van der Waals surface area contributed by atoms with E-state index in [1.165, 1.54) is 16.6 Å². The van der Waals surface area contributed by atoms with Crippen molar-refractivity contribution in [1.82, 2.24) is 14.5 Å². The molecule has 1 fully saturated rings. The number of methoxy groups -OCH3 is 1. The molecule has 1 saturated heterocycles. The van der Waals surface area contributed by atoms with E-state index < -0.39 is 11.2 Å². The average molecular weight is 453 g/mol. The molecule has 0 aromatic carbocycles. The van der Waals surface area contributed by atoms with E-state index in [0.717, 1.165) is 19.4 Å². The Morgan fingerprint density at radius 2 is 2.03 bits per heavy atom. The van der Waals surface area contributed by atoms with E-state index in [9.17, 15) is 19.2 Å². The van der Waals surface area contributed by atoms with Crippen molar-refractivity contribution in [2.24, 2.45) is 17.6 Å². The molecule has 11 nitrogen and oxygen atoms in total. The number of nitrogens with two attached hydrogens (primary N) is 2. The number of H-pyrrole nitrogens is 1. The first-order chi connectivity index (χ1) is 15.1. The SMILES string of the molecule is COCCN(C(=O)CN1CCCC(CCC(N)=O)C1)c1c(N)n(CC(C)C)c(=O)[nH]c1=O. The zero-order valence-electron chi connectivity index (χ0n) is 19.3. The first-order valence-corrected chi connectivity index (χ1v) is 11.1. The lowest BCUT2D eigenvalue weighted by molar-refractivity contribution is -0.121. The van der Waals surface area contributed by atoms with Crippen LogP contribution in [0.15, 0.2) is 9.59 Å². The largest absolute Gasteiger partial charge is 0.383 e. The zero-order valence-corrected chi connectivity index (χ0v) is 19.3. The molecular weight excluding hydrogens is 416 g/mol. The summed E-state index contributed by atoms with van der Waals surface area (Å²) in [5, 5.41) is 0. The Balaban J connectivity index is 2.26. The molecule has 180 valence electrons. The number of carbonyl (C=O) groups excluding carboxylic acids is 2. The number of nitrogens with one attached hydrogen (secondary N) is 1. The van der Waals surface area contributed by atoms with Gasteiger partial charge >= 0.3 is 5.69 Å². The van der Waals surface area contributed by atoms with Gasteiger partial charge in [0.15, 0.2) is 5.69 Å². The molecule has 0 spiro atoms. The Labute approximate surface area is 187 Å². The normalized spacial score (nSPS) is 16.9. The molecule has 1 unspecified atom stereocenters. The Bertz CT molecular complexity index is 909. The molecule has 2 heterocycles. The number of nitrogen functional groups attached to an aromatic ring is 1. The van der Waals surface area contributed by atoms with Crippen molar-refractivity contribution in [2.75, 3.05) is 50.5 Å². The summed E-state index contributed by atoms with van der Waals surface area (Å²) in [4.78, 5) is 54.9. The molecule has 2 amide bonds. The summed E-state index contributed by atoms with van der Waals surface area (Å²) in [6.07, 6.45) is 2.92. The Kier molecular flexibility index (Phi) is 9.45. The van der Waals surface area contributed by atoms with Gasteiger partial charge in [-0.3, -0.25) is 28.8 Å². The molecule has 1 atom stereocenters. The lowest BCUT2D eigenvalue weighted by Gasteiger charge is -2.34.